The van der Waals surface area contributed by atoms with Crippen molar-refractivity contribution in [3.63, 3.8) is 0 Å². The molecular weight excluding hydrogens is 394 g/mol. The van der Waals surface area contributed by atoms with Gasteiger partial charge in [-0.05, 0) is 88.2 Å². The molecule has 3 fully saturated rings. The van der Waals surface area contributed by atoms with Crippen molar-refractivity contribution in [2.75, 3.05) is 7.05 Å². The predicted molar refractivity (Wildman–Crippen MR) is 120 cm³/mol. The van der Waals surface area contributed by atoms with Gasteiger partial charge in [-0.1, -0.05) is 0 Å². The van der Waals surface area contributed by atoms with Crippen LogP contribution in [0.15, 0.2) is 35.4 Å². The number of piperidine rings is 1. The summed E-state index contributed by atoms with van der Waals surface area (Å²) in [6.07, 6.45) is 9.24. The Balaban J connectivity index is 1.27. The molecule has 2 aromatic heterocycles. The molecule has 2 bridgehead atoms. The molecule has 4 heterocycles. The van der Waals surface area contributed by atoms with Gasteiger partial charge in [0.05, 0.1) is 11.2 Å². The summed E-state index contributed by atoms with van der Waals surface area (Å²) in [6.45, 7) is 2.04. The highest BCUT2D eigenvalue weighted by Crippen LogP contribution is 2.44. The number of nitrogens with zero attached hydrogens (tertiary/aromatic N) is 3. The van der Waals surface area contributed by atoms with Crippen LogP contribution in [-0.2, 0) is 0 Å². The Morgan fingerprint density at radius 1 is 1.10 bits per heavy atom. The fraction of sp³-hybridized carbons (Fsp3) is 0.500. The third kappa shape index (κ3) is 3.08. The summed E-state index contributed by atoms with van der Waals surface area (Å²) in [5, 5.41) is 0. The van der Waals surface area contributed by atoms with Gasteiger partial charge in [0.25, 0.3) is 5.56 Å². The lowest BCUT2D eigenvalue weighted by atomic mass is 10.0. The van der Waals surface area contributed by atoms with Crippen molar-refractivity contribution in [2.24, 2.45) is 0 Å². The van der Waals surface area contributed by atoms with Gasteiger partial charge in [0.15, 0.2) is 0 Å². The van der Waals surface area contributed by atoms with Gasteiger partial charge >= 0.3 is 0 Å². The molecule has 6 rings (SSSR count). The number of ether oxygens (including phenoxy) is 1. The Bertz CT molecular complexity index is 1160. The maximum absolute atomic E-state index is 13.1. The van der Waals surface area contributed by atoms with Crippen molar-refractivity contribution in [3.05, 3.63) is 51.4 Å². The molecule has 5 nitrogen and oxygen atoms in total. The van der Waals surface area contributed by atoms with Gasteiger partial charge in [-0.25, -0.2) is 4.98 Å². The Kier molecular flexibility index (Phi) is 4.29. The molecular formula is C24H27N3O2S. The minimum atomic E-state index is 0.0283. The third-order valence-electron chi connectivity index (χ3n) is 7.22. The van der Waals surface area contributed by atoms with E-state index in [1.807, 2.05) is 19.1 Å². The van der Waals surface area contributed by atoms with Crippen molar-refractivity contribution in [1.82, 2.24) is 14.5 Å². The van der Waals surface area contributed by atoms with Crippen molar-refractivity contribution in [3.8, 4) is 11.4 Å². The highest BCUT2D eigenvalue weighted by Gasteiger charge is 2.39. The Hall–Kier alpha value is -2.18. The number of aryl methyl sites for hydroxylation is 1. The minimum Gasteiger partial charge on any atom is -0.490 e. The zero-order chi connectivity index (χ0) is 20.4. The monoisotopic (exact) mass is 421 g/mol. The zero-order valence-corrected chi connectivity index (χ0v) is 18.3. The second-order valence-corrected chi connectivity index (χ2v) is 10.4. The number of fused-ring (bicyclic) bond motifs is 3. The molecule has 1 saturated carbocycles. The van der Waals surface area contributed by atoms with E-state index in [1.165, 1.54) is 30.6 Å². The van der Waals surface area contributed by atoms with Crippen LogP contribution in [0, 0.1) is 6.92 Å². The van der Waals surface area contributed by atoms with E-state index in [-0.39, 0.29) is 11.7 Å². The SMILES string of the molecule is Cc1cc(OC2C[C@H]3CC[C@@H](C2)N3C)ccc1-n1cnc2cc(C3CC3)sc2c1=O. The standard InChI is InChI=1S/C24H27N3O2S/c1-14-9-18(29-19-10-16-5-6-17(11-19)26(16)2)7-8-21(14)27-13-25-20-12-22(15-3-4-15)30-23(20)24(27)28/h7-9,12-13,15-17,19H,3-6,10-11H2,1-2H3/t16-,17+,19?. The lowest BCUT2D eigenvalue weighted by Crippen LogP contribution is -2.43. The first-order valence-electron chi connectivity index (χ1n) is 11.1. The summed E-state index contributed by atoms with van der Waals surface area (Å²) in [7, 11) is 2.25. The highest BCUT2D eigenvalue weighted by molar-refractivity contribution is 7.19. The summed E-state index contributed by atoms with van der Waals surface area (Å²) in [4.78, 5) is 21.6. The van der Waals surface area contributed by atoms with Crippen LogP contribution in [0.25, 0.3) is 15.9 Å². The van der Waals surface area contributed by atoms with Gasteiger partial charge in [0, 0.05) is 17.0 Å². The first-order chi connectivity index (χ1) is 14.6. The van der Waals surface area contributed by atoms with Crippen molar-refractivity contribution in [1.29, 1.82) is 0 Å². The molecule has 0 radical (unpaired) electrons. The van der Waals surface area contributed by atoms with Crippen molar-refractivity contribution in [2.45, 2.75) is 69.6 Å². The molecule has 156 valence electrons. The topological polar surface area (TPSA) is 47.4 Å². The molecule has 2 aliphatic heterocycles. The van der Waals surface area contributed by atoms with E-state index in [4.69, 9.17) is 4.74 Å². The minimum absolute atomic E-state index is 0.0283. The average Bonchev–Trinajstić information content (AvgIpc) is 3.45. The maximum atomic E-state index is 13.1. The number of thiophene rings is 1. The van der Waals surface area contributed by atoms with Crippen LogP contribution in [0.5, 0.6) is 5.75 Å². The second-order valence-electron chi connectivity index (χ2n) is 9.27. The number of benzene rings is 1. The van der Waals surface area contributed by atoms with Gasteiger partial charge in [-0.3, -0.25) is 9.36 Å². The van der Waals surface area contributed by atoms with E-state index in [2.05, 4.69) is 29.1 Å². The highest BCUT2D eigenvalue weighted by atomic mass is 32.1. The van der Waals surface area contributed by atoms with Gasteiger partial charge in [0.1, 0.15) is 22.9 Å². The van der Waals surface area contributed by atoms with Crippen LogP contribution >= 0.6 is 11.3 Å². The van der Waals surface area contributed by atoms with Crippen LogP contribution in [0.4, 0.5) is 0 Å². The normalized spacial score (nSPS) is 26.4. The molecule has 1 aliphatic carbocycles. The lowest BCUT2D eigenvalue weighted by molar-refractivity contribution is 0.0661. The van der Waals surface area contributed by atoms with Crippen LogP contribution in [0.3, 0.4) is 0 Å². The van der Waals surface area contributed by atoms with E-state index in [0.29, 0.717) is 18.0 Å². The summed E-state index contributed by atoms with van der Waals surface area (Å²) in [6, 6.07) is 9.49. The number of aromatic nitrogens is 2. The first kappa shape index (κ1) is 18.6. The second kappa shape index (κ2) is 6.92. The van der Waals surface area contributed by atoms with E-state index < -0.39 is 0 Å². The Morgan fingerprint density at radius 2 is 1.87 bits per heavy atom. The molecule has 0 spiro atoms. The van der Waals surface area contributed by atoms with Gasteiger partial charge in [-0.15, -0.1) is 11.3 Å². The van der Waals surface area contributed by atoms with Crippen LogP contribution in [-0.4, -0.2) is 39.7 Å². The summed E-state index contributed by atoms with van der Waals surface area (Å²) in [5.41, 5.74) is 2.77. The molecule has 30 heavy (non-hydrogen) atoms. The molecule has 1 unspecified atom stereocenters. The Morgan fingerprint density at radius 3 is 2.57 bits per heavy atom. The van der Waals surface area contributed by atoms with E-state index >= 15 is 0 Å². The number of hydrogen-bond acceptors (Lipinski definition) is 5. The number of hydrogen-bond donors (Lipinski definition) is 0. The molecule has 1 aromatic carbocycles. The van der Waals surface area contributed by atoms with E-state index in [9.17, 15) is 4.79 Å². The van der Waals surface area contributed by atoms with E-state index in [0.717, 1.165) is 40.1 Å². The quantitative estimate of drug-likeness (QED) is 0.616. The third-order valence-corrected chi connectivity index (χ3v) is 8.50. The van der Waals surface area contributed by atoms with Crippen LogP contribution in [0.1, 0.15) is 54.9 Å². The van der Waals surface area contributed by atoms with Crippen molar-refractivity contribution >= 4 is 21.6 Å². The lowest BCUT2D eigenvalue weighted by Gasteiger charge is -2.36. The average molecular weight is 422 g/mol. The Labute approximate surface area is 180 Å². The zero-order valence-electron chi connectivity index (χ0n) is 17.5. The largest absolute Gasteiger partial charge is 0.490 e. The van der Waals surface area contributed by atoms with Crippen molar-refractivity contribution < 1.29 is 4.74 Å². The van der Waals surface area contributed by atoms with Gasteiger partial charge in [0.2, 0.25) is 0 Å². The molecule has 0 amide bonds. The number of rotatable bonds is 4. The van der Waals surface area contributed by atoms with Crippen LogP contribution in [0.2, 0.25) is 0 Å². The summed E-state index contributed by atoms with van der Waals surface area (Å²) < 4.78 is 8.82. The molecule has 3 atom stereocenters. The van der Waals surface area contributed by atoms with E-state index in [1.54, 1.807) is 22.2 Å². The summed E-state index contributed by atoms with van der Waals surface area (Å²) >= 11 is 1.62. The van der Waals surface area contributed by atoms with Gasteiger partial charge in [-0.2, -0.15) is 0 Å². The maximum Gasteiger partial charge on any atom is 0.275 e. The van der Waals surface area contributed by atoms with Crippen LogP contribution < -0.4 is 10.3 Å². The summed E-state index contributed by atoms with van der Waals surface area (Å²) in [5.74, 6) is 1.55. The molecule has 2 saturated heterocycles. The molecule has 3 aromatic rings. The fourth-order valence-electron chi connectivity index (χ4n) is 5.29. The first-order valence-corrected chi connectivity index (χ1v) is 11.9. The molecule has 3 aliphatic rings. The smallest absolute Gasteiger partial charge is 0.275 e. The fourth-order valence-corrected chi connectivity index (χ4v) is 6.50. The van der Waals surface area contributed by atoms with Gasteiger partial charge < -0.3 is 9.64 Å². The molecule has 6 heteroatoms. The predicted octanol–water partition coefficient (Wildman–Crippen LogP) is 4.64. The molecule has 0 N–H and O–H groups in total.